The first-order chi connectivity index (χ1) is 72.4. The van der Waals surface area contributed by atoms with Crippen LogP contribution in [0.4, 0.5) is 0 Å². The van der Waals surface area contributed by atoms with Crippen molar-refractivity contribution in [2.45, 2.75) is 0 Å². The molecule has 0 aliphatic carbocycles. The molecule has 0 N–H and O–H groups in total. The van der Waals surface area contributed by atoms with Gasteiger partial charge in [-0.05, 0) is 226 Å². The Kier molecular flexibility index (Phi) is 18.9. The molecule has 0 saturated carbocycles. The number of aromatic nitrogens is 10. The maximum atomic E-state index is 5.58. The Balaban J connectivity index is 0.000000136. The van der Waals surface area contributed by atoms with E-state index in [2.05, 4.69) is 525 Å². The molecule has 146 heavy (non-hydrogen) atoms. The molecule has 0 unspecified atom stereocenters. The van der Waals surface area contributed by atoms with Crippen molar-refractivity contribution in [3.05, 3.63) is 497 Å². The van der Waals surface area contributed by atoms with E-state index >= 15 is 0 Å². The van der Waals surface area contributed by atoms with Crippen LogP contribution in [0.25, 0.3) is 284 Å². The quantitative estimate of drug-likeness (QED) is 0.115. The van der Waals surface area contributed by atoms with E-state index in [9.17, 15) is 0 Å². The summed E-state index contributed by atoms with van der Waals surface area (Å²) >= 11 is 3.53. The van der Waals surface area contributed by atoms with E-state index in [0.717, 1.165) is 148 Å². The monoisotopic (exact) mass is 1890 g/mol. The Labute approximate surface area is 845 Å². The van der Waals surface area contributed by atoms with E-state index in [1.54, 1.807) is 22.7 Å². The highest BCUT2D eigenvalue weighted by molar-refractivity contribution is 7.26. The molecule has 0 saturated heterocycles. The van der Waals surface area contributed by atoms with Crippen LogP contribution in [0.15, 0.2) is 497 Å². The Morgan fingerprint density at radius 1 is 0.144 bits per heavy atom. The topological polar surface area (TPSA) is 81.1 Å². The summed E-state index contributed by atoms with van der Waals surface area (Å²) in [6, 6.07) is 180. The first-order valence-corrected chi connectivity index (χ1v) is 51.2. The number of hydrogen-bond donors (Lipinski definition) is 0. The largest absolute Gasteiger partial charge is 0.309 e. The fraction of sp³-hybridized carbons (Fsp3) is 0. The van der Waals surface area contributed by atoms with E-state index in [-0.39, 0.29) is 0 Å². The Morgan fingerprint density at radius 3 is 0.726 bits per heavy atom. The summed E-state index contributed by atoms with van der Waals surface area (Å²) in [4.78, 5) is 22.0. The molecule has 21 aromatic carbocycles. The zero-order chi connectivity index (χ0) is 95.7. The minimum atomic E-state index is 0.652. The third kappa shape index (κ3) is 13.2. The molecule has 12 heteroatoms. The zero-order valence-electron chi connectivity index (χ0n) is 78.6. The normalized spacial score (nSPS) is 12.0. The van der Waals surface area contributed by atoms with Gasteiger partial charge >= 0.3 is 0 Å². The van der Waals surface area contributed by atoms with Crippen LogP contribution >= 0.6 is 22.7 Å². The molecular formula is C134H82N10S2. The van der Waals surface area contributed by atoms with Crippen molar-refractivity contribution in [1.82, 2.24) is 47.3 Å². The Morgan fingerprint density at radius 2 is 0.377 bits per heavy atom. The maximum absolute atomic E-state index is 5.58. The molecule has 10 heterocycles. The lowest BCUT2D eigenvalue weighted by Gasteiger charge is -2.12. The highest BCUT2D eigenvalue weighted by Crippen LogP contribution is 2.49. The van der Waals surface area contributed by atoms with Crippen molar-refractivity contribution >= 4 is 194 Å². The minimum absolute atomic E-state index is 0.652. The molecule has 680 valence electrons. The van der Waals surface area contributed by atoms with Crippen LogP contribution < -0.4 is 0 Å². The van der Waals surface area contributed by atoms with E-state index in [4.69, 9.17) is 19.9 Å². The molecule has 10 aromatic heterocycles. The van der Waals surface area contributed by atoms with Crippen molar-refractivity contribution in [1.29, 1.82) is 0 Å². The van der Waals surface area contributed by atoms with Crippen molar-refractivity contribution in [2.24, 2.45) is 0 Å². The average Bonchev–Trinajstić information content (AvgIpc) is 1.56. The molecule has 31 aromatic rings. The lowest BCUT2D eigenvalue weighted by molar-refractivity contribution is 1.02. The fourth-order valence-corrected chi connectivity index (χ4v) is 25.4. The molecule has 0 radical (unpaired) electrons. The molecule has 31 rings (SSSR count). The first kappa shape index (κ1) is 82.9. The van der Waals surface area contributed by atoms with Crippen LogP contribution in [0, 0.1) is 0 Å². The predicted molar refractivity (Wildman–Crippen MR) is 614 cm³/mol. The fourth-order valence-electron chi connectivity index (χ4n) is 23.1. The Hall–Kier alpha value is -19.0. The van der Waals surface area contributed by atoms with Gasteiger partial charge in [0.15, 0.2) is 5.82 Å². The van der Waals surface area contributed by atoms with Gasteiger partial charge in [0, 0.05) is 130 Å². The van der Waals surface area contributed by atoms with Gasteiger partial charge in [-0.3, -0.25) is 4.57 Å². The molecule has 0 amide bonds. The van der Waals surface area contributed by atoms with Gasteiger partial charge in [-0.25, -0.2) is 19.9 Å². The molecule has 0 fully saturated rings. The van der Waals surface area contributed by atoms with Gasteiger partial charge < -0.3 is 22.8 Å². The number of rotatable bonds is 13. The molecule has 0 spiro atoms. The van der Waals surface area contributed by atoms with Crippen molar-refractivity contribution < 1.29 is 0 Å². The molecule has 10 nitrogen and oxygen atoms in total. The number of fused-ring (bicyclic) bond motifs is 24. The molecule has 0 bridgehead atoms. The molecule has 0 aliphatic rings. The second-order valence-corrected chi connectivity index (χ2v) is 40.0. The zero-order valence-corrected chi connectivity index (χ0v) is 80.3. The highest BCUT2D eigenvalue weighted by atomic mass is 32.1. The van der Waals surface area contributed by atoms with E-state index in [1.165, 1.54) is 124 Å². The van der Waals surface area contributed by atoms with Crippen molar-refractivity contribution in [3.63, 3.8) is 0 Å². The number of hydrogen-bond acceptors (Lipinski definition) is 6. The molecular weight excluding hydrogens is 1810 g/mol. The third-order valence-corrected chi connectivity index (χ3v) is 32.0. The summed E-state index contributed by atoms with van der Waals surface area (Å²) in [5.74, 6) is 1.35. The average molecular weight is 1900 g/mol. The molecule has 0 aliphatic heterocycles. The van der Waals surface area contributed by atoms with E-state index in [0.29, 0.717) is 11.8 Å². The second-order valence-electron chi connectivity index (χ2n) is 37.9. The number of nitrogens with zero attached hydrogens (tertiary/aromatic N) is 10. The number of benzene rings is 21. The van der Waals surface area contributed by atoms with Crippen LogP contribution in [0.3, 0.4) is 0 Å². The highest BCUT2D eigenvalue weighted by Gasteiger charge is 2.27. The Bertz CT molecular complexity index is 10700. The van der Waals surface area contributed by atoms with Crippen LogP contribution in [0.2, 0.25) is 0 Å². The van der Waals surface area contributed by atoms with Gasteiger partial charge in [0.25, 0.3) is 0 Å². The lowest BCUT2D eigenvalue weighted by Crippen LogP contribution is -2.02. The van der Waals surface area contributed by atoms with Crippen molar-refractivity contribution in [3.8, 4) is 113 Å². The predicted octanol–water partition coefficient (Wildman–Crippen LogP) is 35.9. The van der Waals surface area contributed by atoms with Gasteiger partial charge in [-0.2, -0.15) is 0 Å². The smallest absolute Gasteiger partial charge is 0.235 e. The number of thiophene rings is 2. The summed E-state index contributed by atoms with van der Waals surface area (Å²) in [7, 11) is 0. The van der Waals surface area contributed by atoms with Crippen LogP contribution in [-0.4, -0.2) is 47.3 Å². The second kappa shape index (κ2) is 33.4. The van der Waals surface area contributed by atoms with E-state index in [1.807, 2.05) is 0 Å². The van der Waals surface area contributed by atoms with Crippen LogP contribution in [-0.2, 0) is 0 Å². The van der Waals surface area contributed by atoms with Gasteiger partial charge in [-0.1, -0.05) is 315 Å². The summed E-state index contributed by atoms with van der Waals surface area (Å²) in [5.41, 5.74) is 35.8. The van der Waals surface area contributed by atoms with Crippen LogP contribution in [0.1, 0.15) is 0 Å². The minimum Gasteiger partial charge on any atom is -0.309 e. The summed E-state index contributed by atoms with van der Waals surface area (Å²) in [5, 5.41) is 16.9. The van der Waals surface area contributed by atoms with Gasteiger partial charge in [0.2, 0.25) is 5.95 Å². The van der Waals surface area contributed by atoms with Crippen LogP contribution in [0.5, 0.6) is 0 Å². The standard InChI is InChI=1S/C70H43N5S.C64H39N5S/c1-3-17-44(18-4-1)67-69-68(59-43-48(35-38-66(59)76-69)45-19-15-23-51(39-45)74-60-29-11-7-25-53(60)54-26-8-12-30-61(54)74)72-70(71-67)49-20-16-24-52(40-49)75-63-32-14-10-28-56(63)58-42-47(34-37-65(58)75)46-33-36-64-57(41-46)55-27-9-13-31-62(55)73(64)50-21-5-2-6-22-50;1-3-16-40(17-4-1)61-63-62(53-39-44(32-35-60(53)70-63)41-18-15-21-46(36-41)68-54-26-11-7-22-47(54)48-23-8-12-27-55(48)68)66-64(65-61)69-57-29-14-10-25-50(57)52-38-43(31-34-59(52)69)42-30-33-58-51(37-42)49-24-9-13-28-56(49)67(58)45-19-5-2-6-20-45/h1-43H;1-39H. The van der Waals surface area contributed by atoms with Gasteiger partial charge in [0.05, 0.1) is 98.0 Å². The third-order valence-electron chi connectivity index (χ3n) is 29.7. The van der Waals surface area contributed by atoms with Crippen molar-refractivity contribution in [2.75, 3.05) is 0 Å². The SMILES string of the molecule is c1ccc(-c2nc(-c3cccc(-n4c5ccccc5c5cc(-c6ccc7c(c6)c6ccccc6n7-c6ccccc6)ccc54)c3)nc3c2sc2ccc(-c4cccc(-n5c6ccccc6c6ccccc65)c4)cc23)cc1.c1ccc(-c2nc(-n3c4ccccc4c4cc(-c5ccc6c(c5)c5ccccc5n6-c5ccccc5)ccc43)nc3c2sc2ccc(-c4cccc(-n5c6ccccc6c6ccccc65)c4)cc23)cc1. The maximum Gasteiger partial charge on any atom is 0.235 e. The van der Waals surface area contributed by atoms with E-state index < -0.39 is 0 Å². The first-order valence-electron chi connectivity index (χ1n) is 49.5. The lowest BCUT2D eigenvalue weighted by atomic mass is 10.0. The van der Waals surface area contributed by atoms with Gasteiger partial charge in [-0.15, -0.1) is 22.7 Å². The summed E-state index contributed by atoms with van der Waals surface area (Å²) in [6.07, 6.45) is 0. The summed E-state index contributed by atoms with van der Waals surface area (Å²) < 4.78 is 18.7. The molecule has 0 atom stereocenters. The number of para-hydroxylation sites is 10. The van der Waals surface area contributed by atoms with Gasteiger partial charge in [0.1, 0.15) is 0 Å². The summed E-state index contributed by atoms with van der Waals surface area (Å²) in [6.45, 7) is 0.